The molecule has 26 heavy (non-hydrogen) atoms. The van der Waals surface area contributed by atoms with Crippen LogP contribution < -0.4 is 10.6 Å². The average molecular weight is 377 g/mol. The molecule has 0 fully saturated rings. The summed E-state index contributed by atoms with van der Waals surface area (Å²) in [6, 6.07) is -1.92. The minimum absolute atomic E-state index is 0.0462. The molecule has 0 amide bonds. The van der Waals surface area contributed by atoms with Crippen LogP contribution in [-0.2, 0) is 0 Å². The highest BCUT2D eigenvalue weighted by molar-refractivity contribution is 5.65. The number of hydrogen-bond donors (Lipinski definition) is 3. The Morgan fingerprint density at radius 3 is 2.31 bits per heavy atom. The highest BCUT2D eigenvalue weighted by Crippen LogP contribution is 2.33. The van der Waals surface area contributed by atoms with Crippen molar-refractivity contribution in [3.63, 3.8) is 0 Å². The standard InChI is InChI=1S/C16H23F4N5O/c1-4-11(16(18,19)20)22-15-24-13(23-14(25-15)21-8(2)3)9-6-5-7-10(26)12(9)17/h8,10-11,26H,4-7H2,1-3H3,(H2,21,22,23,24,25)/t10?,11-/m1/s1. The number of hydrogen-bond acceptors (Lipinski definition) is 6. The molecule has 1 aromatic rings. The number of nitrogens with one attached hydrogen (secondary N) is 2. The first kappa shape index (κ1) is 20.3. The molecule has 1 unspecified atom stereocenters. The topological polar surface area (TPSA) is 83.0 Å². The summed E-state index contributed by atoms with van der Waals surface area (Å²) in [7, 11) is 0. The smallest absolute Gasteiger partial charge is 0.386 e. The average Bonchev–Trinajstić information content (AvgIpc) is 2.53. The maximum atomic E-state index is 14.3. The van der Waals surface area contributed by atoms with E-state index in [1.807, 2.05) is 13.8 Å². The lowest BCUT2D eigenvalue weighted by Gasteiger charge is -2.22. The number of aliphatic hydroxyl groups excluding tert-OH is 1. The van der Waals surface area contributed by atoms with Crippen molar-refractivity contribution in [3.8, 4) is 0 Å². The van der Waals surface area contributed by atoms with Gasteiger partial charge in [-0.15, -0.1) is 0 Å². The van der Waals surface area contributed by atoms with Crippen LogP contribution >= 0.6 is 0 Å². The molecule has 0 aliphatic heterocycles. The molecule has 10 heteroatoms. The summed E-state index contributed by atoms with van der Waals surface area (Å²) in [5.41, 5.74) is 0.0982. The van der Waals surface area contributed by atoms with Crippen LogP contribution in [0.25, 0.3) is 5.57 Å². The maximum Gasteiger partial charge on any atom is 0.408 e. The van der Waals surface area contributed by atoms with Gasteiger partial charge in [-0.2, -0.15) is 28.1 Å². The second-order valence-corrected chi connectivity index (χ2v) is 6.49. The van der Waals surface area contributed by atoms with Crippen molar-refractivity contribution in [2.24, 2.45) is 0 Å². The van der Waals surface area contributed by atoms with E-state index in [0.29, 0.717) is 12.8 Å². The van der Waals surface area contributed by atoms with Gasteiger partial charge < -0.3 is 15.7 Å². The third-order valence-electron chi connectivity index (χ3n) is 3.91. The van der Waals surface area contributed by atoms with Gasteiger partial charge >= 0.3 is 6.18 Å². The Morgan fingerprint density at radius 2 is 1.77 bits per heavy atom. The first-order chi connectivity index (χ1) is 12.1. The van der Waals surface area contributed by atoms with Crippen LogP contribution in [-0.4, -0.2) is 44.4 Å². The molecule has 0 radical (unpaired) electrons. The second-order valence-electron chi connectivity index (χ2n) is 6.49. The Bertz CT molecular complexity index is 663. The molecular formula is C16H23F4N5O. The van der Waals surface area contributed by atoms with E-state index in [9.17, 15) is 22.7 Å². The number of alkyl halides is 3. The predicted molar refractivity (Wildman–Crippen MR) is 90.2 cm³/mol. The van der Waals surface area contributed by atoms with Gasteiger partial charge in [0.05, 0.1) is 0 Å². The summed E-state index contributed by atoms with van der Waals surface area (Å²) in [5.74, 6) is -1.06. The van der Waals surface area contributed by atoms with Gasteiger partial charge in [-0.05, 0) is 39.5 Å². The van der Waals surface area contributed by atoms with Gasteiger partial charge in [-0.25, -0.2) is 4.39 Å². The lowest BCUT2D eigenvalue weighted by Crippen LogP contribution is -2.36. The van der Waals surface area contributed by atoms with Gasteiger partial charge in [-0.1, -0.05) is 6.92 Å². The molecule has 0 saturated carbocycles. The van der Waals surface area contributed by atoms with Crippen molar-refractivity contribution < 1.29 is 22.7 Å². The summed E-state index contributed by atoms with van der Waals surface area (Å²) in [6.45, 7) is 5.01. The fraction of sp³-hybridized carbons (Fsp3) is 0.688. The molecular weight excluding hydrogens is 354 g/mol. The minimum Gasteiger partial charge on any atom is -0.386 e. The molecule has 0 aromatic carbocycles. The van der Waals surface area contributed by atoms with Crippen molar-refractivity contribution in [1.82, 2.24) is 15.0 Å². The van der Waals surface area contributed by atoms with E-state index in [0.717, 1.165) is 0 Å². The molecule has 6 nitrogen and oxygen atoms in total. The van der Waals surface area contributed by atoms with Crippen LogP contribution in [0.5, 0.6) is 0 Å². The zero-order chi connectivity index (χ0) is 19.5. The van der Waals surface area contributed by atoms with E-state index in [4.69, 9.17) is 0 Å². The normalized spacial score (nSPS) is 19.7. The number of rotatable bonds is 6. The lowest BCUT2D eigenvalue weighted by molar-refractivity contribution is -0.143. The molecule has 3 N–H and O–H groups in total. The summed E-state index contributed by atoms with van der Waals surface area (Å²) in [5, 5.41) is 14.8. The van der Waals surface area contributed by atoms with Gasteiger partial charge in [0.25, 0.3) is 0 Å². The van der Waals surface area contributed by atoms with Gasteiger partial charge in [0.1, 0.15) is 18.0 Å². The summed E-state index contributed by atoms with van der Waals surface area (Å²) in [6.07, 6.45) is -4.82. The van der Waals surface area contributed by atoms with E-state index in [1.165, 1.54) is 6.92 Å². The third kappa shape index (κ3) is 5.03. The second kappa shape index (κ2) is 8.15. The zero-order valence-electron chi connectivity index (χ0n) is 14.9. The maximum absolute atomic E-state index is 14.3. The van der Waals surface area contributed by atoms with Crippen LogP contribution in [0.3, 0.4) is 0 Å². The van der Waals surface area contributed by atoms with Crippen LogP contribution in [0.15, 0.2) is 5.83 Å². The van der Waals surface area contributed by atoms with Gasteiger partial charge in [-0.3, -0.25) is 0 Å². The number of anilines is 2. The van der Waals surface area contributed by atoms with E-state index >= 15 is 0 Å². The monoisotopic (exact) mass is 377 g/mol. The first-order valence-electron chi connectivity index (χ1n) is 8.54. The predicted octanol–water partition coefficient (Wildman–Crippen LogP) is 3.67. The van der Waals surface area contributed by atoms with Crippen molar-refractivity contribution in [1.29, 1.82) is 0 Å². The van der Waals surface area contributed by atoms with Gasteiger partial charge in [0, 0.05) is 11.6 Å². The van der Waals surface area contributed by atoms with Crippen LogP contribution in [0, 0.1) is 0 Å². The molecule has 0 bridgehead atoms. The lowest BCUT2D eigenvalue weighted by atomic mass is 9.96. The van der Waals surface area contributed by atoms with Gasteiger partial charge in [0.15, 0.2) is 5.82 Å². The Labute approximate surface area is 149 Å². The number of aromatic nitrogens is 3. The van der Waals surface area contributed by atoms with E-state index in [2.05, 4.69) is 25.6 Å². The third-order valence-corrected chi connectivity index (χ3v) is 3.91. The summed E-state index contributed by atoms with van der Waals surface area (Å²) >= 11 is 0. The highest BCUT2D eigenvalue weighted by Gasteiger charge is 2.39. The van der Waals surface area contributed by atoms with Crippen molar-refractivity contribution in [2.45, 2.75) is 70.8 Å². The minimum atomic E-state index is -4.47. The Morgan fingerprint density at radius 1 is 1.15 bits per heavy atom. The molecule has 2 rings (SSSR count). The summed E-state index contributed by atoms with van der Waals surface area (Å²) in [4.78, 5) is 12.0. The highest BCUT2D eigenvalue weighted by atomic mass is 19.4. The quantitative estimate of drug-likeness (QED) is 0.656. The molecule has 2 atom stereocenters. The molecule has 1 aromatic heterocycles. The number of aliphatic hydroxyl groups is 1. The van der Waals surface area contributed by atoms with Crippen LogP contribution in [0.4, 0.5) is 29.5 Å². The molecule has 0 spiro atoms. The van der Waals surface area contributed by atoms with Crippen molar-refractivity contribution in [2.75, 3.05) is 10.6 Å². The van der Waals surface area contributed by atoms with E-state index in [-0.39, 0.29) is 42.2 Å². The molecule has 1 heterocycles. The van der Waals surface area contributed by atoms with Crippen LogP contribution in [0.1, 0.15) is 52.3 Å². The number of halogens is 4. The SMILES string of the molecule is CC[C@@H](Nc1nc(NC(C)C)nc(C2=C(F)C(O)CCC2)n1)C(F)(F)F. The van der Waals surface area contributed by atoms with E-state index < -0.39 is 24.1 Å². The Balaban J connectivity index is 2.44. The summed E-state index contributed by atoms with van der Waals surface area (Å²) < 4.78 is 53.4. The van der Waals surface area contributed by atoms with Crippen LogP contribution in [0.2, 0.25) is 0 Å². The van der Waals surface area contributed by atoms with Crippen molar-refractivity contribution in [3.05, 3.63) is 11.7 Å². The first-order valence-corrected chi connectivity index (χ1v) is 8.54. The number of allylic oxidation sites excluding steroid dienone is 1. The van der Waals surface area contributed by atoms with E-state index in [1.54, 1.807) is 0 Å². The molecule has 1 aliphatic carbocycles. The fourth-order valence-electron chi connectivity index (χ4n) is 2.61. The molecule has 0 saturated heterocycles. The Kier molecular flexibility index (Phi) is 6.38. The largest absolute Gasteiger partial charge is 0.408 e. The Hall–Kier alpha value is -1.97. The van der Waals surface area contributed by atoms with Crippen molar-refractivity contribution >= 4 is 17.5 Å². The number of nitrogens with zero attached hydrogens (tertiary/aromatic N) is 3. The van der Waals surface area contributed by atoms with Gasteiger partial charge in [0.2, 0.25) is 11.9 Å². The fourth-order valence-corrected chi connectivity index (χ4v) is 2.61. The molecule has 146 valence electrons. The molecule has 1 aliphatic rings. The zero-order valence-corrected chi connectivity index (χ0v) is 14.9.